The van der Waals surface area contributed by atoms with E-state index < -0.39 is 37.9 Å². The molecular formula is C48H56F2N6O4Si. The van der Waals surface area contributed by atoms with Crippen LogP contribution in [0, 0.1) is 23.1 Å². The van der Waals surface area contributed by atoms with Crippen LogP contribution < -0.4 is 14.4 Å². The Hall–Kier alpha value is -4.80. The van der Waals surface area contributed by atoms with Crippen molar-refractivity contribution in [1.82, 2.24) is 24.8 Å². The van der Waals surface area contributed by atoms with Crippen LogP contribution in [-0.2, 0) is 0 Å². The Morgan fingerprint density at radius 1 is 1.02 bits per heavy atom. The molecule has 61 heavy (non-hydrogen) atoms. The van der Waals surface area contributed by atoms with E-state index in [4.69, 9.17) is 24.4 Å². The Morgan fingerprint density at radius 3 is 2.46 bits per heavy atom. The van der Waals surface area contributed by atoms with Gasteiger partial charge in [0.2, 0.25) is 5.88 Å². The molecule has 2 aromatic heterocycles. The van der Waals surface area contributed by atoms with Crippen LogP contribution in [0.15, 0.2) is 42.5 Å². The lowest BCUT2D eigenvalue weighted by molar-refractivity contribution is 0.0703. The Balaban J connectivity index is 1.16. The molecule has 1 aliphatic carbocycles. The number of amides is 1. The number of rotatable bonds is 7. The molecule has 6 aliphatic rings. The fourth-order valence-electron chi connectivity index (χ4n) is 12.8. The Bertz CT molecular complexity index is 2560. The highest BCUT2D eigenvalue weighted by Crippen LogP contribution is 2.60. The molecule has 7 heterocycles. The van der Waals surface area contributed by atoms with E-state index in [1.165, 1.54) is 24.5 Å². The predicted octanol–water partition coefficient (Wildman–Crippen LogP) is 9.88. The van der Waals surface area contributed by atoms with Gasteiger partial charge in [0.05, 0.1) is 29.2 Å². The largest absolute Gasteiger partial charge is 0.472 e. The van der Waals surface area contributed by atoms with E-state index in [0.717, 1.165) is 25.8 Å². The summed E-state index contributed by atoms with van der Waals surface area (Å²) in [6.07, 6.45) is 5.11. The third-order valence-electron chi connectivity index (χ3n) is 15.7. The summed E-state index contributed by atoms with van der Waals surface area (Å²) in [5.41, 5.74) is 6.39. The minimum atomic E-state index is -2.29. The van der Waals surface area contributed by atoms with Crippen molar-refractivity contribution >= 4 is 41.7 Å². The lowest BCUT2D eigenvalue weighted by Crippen LogP contribution is -2.64. The first kappa shape index (κ1) is 40.3. The van der Waals surface area contributed by atoms with E-state index in [2.05, 4.69) is 69.4 Å². The number of benzene rings is 2. The van der Waals surface area contributed by atoms with Crippen molar-refractivity contribution < 1.29 is 28.2 Å². The number of aromatic nitrogens is 3. The van der Waals surface area contributed by atoms with Gasteiger partial charge >= 0.3 is 12.1 Å². The van der Waals surface area contributed by atoms with Gasteiger partial charge in [-0.25, -0.2) is 18.6 Å². The smallest absolute Gasteiger partial charge is 0.407 e. The van der Waals surface area contributed by atoms with Crippen molar-refractivity contribution in [1.29, 1.82) is 0 Å². The van der Waals surface area contributed by atoms with Crippen molar-refractivity contribution in [2.75, 3.05) is 24.6 Å². The number of hydrogen-bond acceptors (Lipinski definition) is 8. The van der Waals surface area contributed by atoms with Crippen LogP contribution in [0.2, 0.25) is 16.6 Å². The van der Waals surface area contributed by atoms with Gasteiger partial charge in [-0.1, -0.05) is 83.9 Å². The average molecular weight is 847 g/mol. The van der Waals surface area contributed by atoms with Crippen LogP contribution in [-0.4, -0.2) is 99.0 Å². The molecule has 0 radical (unpaired) electrons. The van der Waals surface area contributed by atoms with E-state index in [-0.39, 0.29) is 51.8 Å². The summed E-state index contributed by atoms with van der Waals surface area (Å²) in [5.74, 6) is 2.74. The lowest BCUT2D eigenvalue weighted by atomic mass is 9.94. The third-order valence-corrected chi connectivity index (χ3v) is 22.0. The van der Waals surface area contributed by atoms with Crippen molar-refractivity contribution in [3.63, 3.8) is 0 Å². The minimum Gasteiger partial charge on any atom is -0.472 e. The molecule has 1 N–H and O–H groups in total. The molecule has 1 spiro atoms. The highest BCUT2D eigenvalue weighted by atomic mass is 28.3. The molecule has 10 rings (SSSR count). The maximum Gasteiger partial charge on any atom is 0.407 e. The van der Waals surface area contributed by atoms with Gasteiger partial charge in [-0.3, -0.25) is 9.80 Å². The van der Waals surface area contributed by atoms with Gasteiger partial charge in [0, 0.05) is 29.6 Å². The monoisotopic (exact) mass is 846 g/mol. The van der Waals surface area contributed by atoms with Crippen LogP contribution >= 0.6 is 0 Å². The van der Waals surface area contributed by atoms with Crippen LogP contribution in [0.25, 0.3) is 32.9 Å². The van der Waals surface area contributed by atoms with Gasteiger partial charge in [0.1, 0.15) is 49.0 Å². The van der Waals surface area contributed by atoms with Gasteiger partial charge in [-0.2, -0.15) is 9.97 Å². The summed E-state index contributed by atoms with van der Waals surface area (Å²) in [6, 6.07) is 7.58. The van der Waals surface area contributed by atoms with Crippen LogP contribution in [0.4, 0.5) is 19.4 Å². The number of nitrogens with zero attached hydrogens (tertiary/aromatic N) is 6. The molecule has 4 aromatic rings. The normalized spacial score (nSPS) is 26.3. The van der Waals surface area contributed by atoms with Gasteiger partial charge in [0.15, 0.2) is 5.82 Å². The average Bonchev–Trinajstić information content (AvgIpc) is 3.76. The zero-order chi connectivity index (χ0) is 42.9. The number of pyridine rings is 1. The first-order chi connectivity index (χ1) is 29.1. The maximum atomic E-state index is 17.9. The molecule has 5 aliphatic heterocycles. The molecule has 320 valence electrons. The Kier molecular flexibility index (Phi) is 9.32. The molecule has 5 unspecified atom stereocenters. The van der Waals surface area contributed by atoms with E-state index in [9.17, 15) is 9.90 Å². The number of carboxylic acid groups (broad SMARTS) is 1. The first-order valence-electron chi connectivity index (χ1n) is 22.3. The van der Waals surface area contributed by atoms with Crippen molar-refractivity contribution in [2.24, 2.45) is 0 Å². The molecule has 5 fully saturated rings. The second-order valence-corrected chi connectivity index (χ2v) is 25.4. The standard InChI is InChI=1S/C48H56F2N6O4Si/c1-26(2)61(27(3)4,28(5)6)21-16-33-35(49)14-12-31-10-9-11-34(37(31)33)40-39(50)41-38-43(53-45(52-41)59-25-48-20-19-47(17-18-47)55(48)23-29(7)22-48)54-24-32-13-15-36(56(32)46(57)58)42(54)30(8)60-44(38)51-40/h9-12,14,26-28,30,32,36,42H,7,13,15,17-20,22-25H2,1-6,8H3,(H,57,58). The van der Waals surface area contributed by atoms with Crippen LogP contribution in [0.3, 0.4) is 0 Å². The predicted molar refractivity (Wildman–Crippen MR) is 236 cm³/mol. The summed E-state index contributed by atoms with van der Waals surface area (Å²) in [5, 5.41) is 11.8. The van der Waals surface area contributed by atoms with Gasteiger partial charge in [0.25, 0.3) is 0 Å². The van der Waals surface area contributed by atoms with Gasteiger partial charge in [-0.05, 0) is 79.9 Å². The molecular weight excluding hydrogens is 791 g/mol. The molecule has 13 heteroatoms. The minimum absolute atomic E-state index is 0.0111. The number of piperazine rings is 1. The van der Waals surface area contributed by atoms with Crippen molar-refractivity contribution in [3.8, 4) is 34.6 Å². The molecule has 4 saturated heterocycles. The number of carbonyl (C=O) groups is 1. The fourth-order valence-corrected chi connectivity index (χ4v) is 18.0. The number of halogens is 2. The van der Waals surface area contributed by atoms with Crippen LogP contribution in [0.5, 0.6) is 11.9 Å². The first-order valence-corrected chi connectivity index (χ1v) is 24.5. The van der Waals surface area contributed by atoms with Crippen LogP contribution in [0.1, 0.15) is 99.0 Å². The molecule has 2 bridgehead atoms. The topological polar surface area (TPSA) is 104 Å². The summed E-state index contributed by atoms with van der Waals surface area (Å²) in [4.78, 5) is 33.8. The van der Waals surface area contributed by atoms with Gasteiger partial charge in [-0.15, -0.1) is 5.54 Å². The van der Waals surface area contributed by atoms with E-state index >= 15 is 8.78 Å². The zero-order valence-electron chi connectivity index (χ0n) is 36.3. The second-order valence-electron chi connectivity index (χ2n) is 19.8. The molecule has 10 nitrogen and oxygen atoms in total. The quantitative estimate of drug-likeness (QED) is 0.111. The highest BCUT2D eigenvalue weighted by molar-refractivity contribution is 6.90. The number of hydrogen-bond donors (Lipinski definition) is 1. The second kappa shape index (κ2) is 14.1. The highest BCUT2D eigenvalue weighted by Gasteiger charge is 2.63. The molecule has 5 atom stereocenters. The zero-order valence-corrected chi connectivity index (χ0v) is 37.3. The number of fused-ring (bicyclic) bond motifs is 8. The lowest BCUT2D eigenvalue weighted by Gasteiger charge is -2.47. The molecule has 1 amide bonds. The summed E-state index contributed by atoms with van der Waals surface area (Å²) >= 11 is 0. The van der Waals surface area contributed by atoms with E-state index in [1.807, 2.05) is 19.1 Å². The summed E-state index contributed by atoms with van der Waals surface area (Å²) in [6.45, 7) is 21.1. The third kappa shape index (κ3) is 5.94. The Labute approximate surface area is 357 Å². The summed E-state index contributed by atoms with van der Waals surface area (Å²) < 4.78 is 47.6. The molecule has 1 saturated carbocycles. The number of anilines is 1. The summed E-state index contributed by atoms with van der Waals surface area (Å²) in [7, 11) is -2.29. The SMILES string of the molecule is C=C1CN2C3(CC3)CCC2(COc2nc3c4c(nc(-c5cccc6ccc(F)c(C#C[Si](C(C)C)(C(C)C)C(C)C)c56)c(F)c4n2)OC(C)C2C4CCC(CN32)N4C(=O)O)C1. The fraction of sp³-hybridized carbons (Fsp3) is 0.542. The molecule has 2 aromatic carbocycles. The van der Waals surface area contributed by atoms with E-state index in [0.29, 0.717) is 70.2 Å². The Morgan fingerprint density at radius 2 is 1.75 bits per heavy atom. The van der Waals surface area contributed by atoms with Crippen molar-refractivity contribution in [2.45, 2.75) is 145 Å². The number of ether oxygens (including phenoxy) is 2. The maximum absolute atomic E-state index is 17.9. The van der Waals surface area contributed by atoms with Gasteiger partial charge < -0.3 is 19.5 Å². The van der Waals surface area contributed by atoms with E-state index in [1.54, 1.807) is 17.0 Å². The van der Waals surface area contributed by atoms with Crippen molar-refractivity contribution in [3.05, 3.63) is 59.7 Å².